The third-order valence-corrected chi connectivity index (χ3v) is 7.55. The van der Waals surface area contributed by atoms with Crippen molar-refractivity contribution in [2.45, 2.75) is 38.4 Å². The van der Waals surface area contributed by atoms with Crippen LogP contribution in [0.1, 0.15) is 28.1 Å². The number of pyridine rings is 2. The summed E-state index contributed by atoms with van der Waals surface area (Å²) in [5, 5.41) is 5.51. The number of thiophene rings is 1. The smallest absolute Gasteiger partial charge is 0.262 e. The number of aryl methyl sites for hydroxylation is 1. The Morgan fingerprint density at radius 2 is 1.94 bits per heavy atom. The fraction of sp³-hybridized carbons (Fsp3) is 0.231. The average molecular weight is 454 g/mol. The van der Waals surface area contributed by atoms with Gasteiger partial charge >= 0.3 is 0 Å². The maximum absolute atomic E-state index is 13.5. The van der Waals surface area contributed by atoms with E-state index in [2.05, 4.69) is 20.3 Å². The molecular weight excluding hydrogens is 430 g/mol. The number of hydrogen-bond acceptors (Lipinski definition) is 6. The van der Waals surface area contributed by atoms with Crippen molar-refractivity contribution in [3.63, 3.8) is 0 Å². The molecule has 0 aliphatic heterocycles. The van der Waals surface area contributed by atoms with Gasteiger partial charge in [-0.25, -0.2) is 4.98 Å². The number of benzene rings is 1. The molecule has 1 aromatic carbocycles. The average Bonchev–Trinajstić information content (AvgIpc) is 3.24. The molecule has 6 nitrogen and oxygen atoms in total. The molecule has 7 heteroatoms. The first-order chi connectivity index (χ1) is 16.3. The van der Waals surface area contributed by atoms with E-state index in [1.54, 1.807) is 28.4 Å². The van der Waals surface area contributed by atoms with Crippen molar-refractivity contribution < 1.29 is 0 Å². The van der Waals surface area contributed by atoms with E-state index in [-0.39, 0.29) is 5.56 Å². The van der Waals surface area contributed by atoms with Crippen LogP contribution in [0.25, 0.3) is 21.1 Å². The lowest BCUT2D eigenvalue weighted by atomic mass is 9.93. The maximum Gasteiger partial charge on any atom is 0.262 e. The van der Waals surface area contributed by atoms with Crippen LogP contribution in [-0.4, -0.2) is 25.6 Å². The summed E-state index contributed by atoms with van der Waals surface area (Å²) in [5.74, 6) is 0. The summed E-state index contributed by atoms with van der Waals surface area (Å²) in [4.78, 5) is 29.2. The van der Waals surface area contributed by atoms with Crippen molar-refractivity contribution in [2.24, 2.45) is 0 Å². The molecule has 0 saturated carbocycles. The number of rotatable bonds is 5. The fourth-order valence-electron chi connectivity index (χ4n) is 4.72. The summed E-state index contributed by atoms with van der Waals surface area (Å²) >= 11 is 1.66. The van der Waals surface area contributed by atoms with Gasteiger partial charge in [0.15, 0.2) is 0 Å². The van der Waals surface area contributed by atoms with Crippen LogP contribution in [0.2, 0.25) is 0 Å². The van der Waals surface area contributed by atoms with E-state index in [0.717, 1.165) is 58.2 Å². The molecule has 1 aliphatic rings. The van der Waals surface area contributed by atoms with Crippen molar-refractivity contribution in [1.29, 1.82) is 0 Å². The standard InChI is InChI=1S/C26H23N5OS/c32-26-23-21-10-9-19(29-14-20-8-1-2-11-27-20)13-22(21)33-25(23)30-16-31(26)15-18-6-3-5-17-7-4-12-28-24(17)18/h1-8,11-12,16,19,29H,9-10,13-15H2. The Bertz CT molecular complexity index is 1500. The Hall–Kier alpha value is -3.42. The Labute approximate surface area is 195 Å². The summed E-state index contributed by atoms with van der Waals surface area (Å²) in [7, 11) is 0. The topological polar surface area (TPSA) is 72.7 Å². The van der Waals surface area contributed by atoms with E-state index >= 15 is 0 Å². The molecule has 1 unspecified atom stereocenters. The molecule has 0 amide bonds. The van der Waals surface area contributed by atoms with Crippen molar-refractivity contribution in [3.05, 3.63) is 99.3 Å². The molecule has 1 atom stereocenters. The van der Waals surface area contributed by atoms with Gasteiger partial charge in [-0.3, -0.25) is 19.3 Å². The predicted molar refractivity (Wildman–Crippen MR) is 132 cm³/mol. The molecule has 1 aliphatic carbocycles. The minimum Gasteiger partial charge on any atom is -0.308 e. The number of nitrogens with zero attached hydrogens (tertiary/aromatic N) is 4. The second-order valence-corrected chi connectivity index (χ2v) is 9.58. The van der Waals surface area contributed by atoms with Gasteiger partial charge < -0.3 is 5.32 Å². The normalized spacial score (nSPS) is 15.7. The van der Waals surface area contributed by atoms with Gasteiger partial charge in [-0.2, -0.15) is 0 Å². The number of fused-ring (bicyclic) bond motifs is 4. The highest BCUT2D eigenvalue weighted by molar-refractivity contribution is 7.18. The summed E-state index contributed by atoms with van der Waals surface area (Å²) in [6, 6.07) is 16.4. The quantitative estimate of drug-likeness (QED) is 0.434. The van der Waals surface area contributed by atoms with Crippen LogP contribution in [-0.2, 0) is 25.9 Å². The van der Waals surface area contributed by atoms with Crippen molar-refractivity contribution in [1.82, 2.24) is 24.8 Å². The predicted octanol–water partition coefficient (Wildman–Crippen LogP) is 4.10. The molecule has 0 radical (unpaired) electrons. The second-order valence-electron chi connectivity index (χ2n) is 8.50. The summed E-state index contributed by atoms with van der Waals surface area (Å²) < 4.78 is 1.73. The van der Waals surface area contributed by atoms with E-state index in [1.807, 2.05) is 54.7 Å². The van der Waals surface area contributed by atoms with Gasteiger partial charge in [0.2, 0.25) is 0 Å². The van der Waals surface area contributed by atoms with Crippen LogP contribution >= 0.6 is 11.3 Å². The first kappa shape index (κ1) is 20.2. The summed E-state index contributed by atoms with van der Waals surface area (Å²) in [6.45, 7) is 1.23. The lowest BCUT2D eigenvalue weighted by molar-refractivity contribution is 0.459. The summed E-state index contributed by atoms with van der Waals surface area (Å²) in [5.41, 5.74) is 4.24. The maximum atomic E-state index is 13.5. The monoisotopic (exact) mass is 453 g/mol. The summed E-state index contributed by atoms with van der Waals surface area (Å²) in [6.07, 6.45) is 8.14. The van der Waals surface area contributed by atoms with E-state index in [4.69, 9.17) is 0 Å². The van der Waals surface area contributed by atoms with Gasteiger partial charge in [-0.1, -0.05) is 30.3 Å². The SMILES string of the molecule is O=c1c2c3c(sc2ncn1Cc1cccc2cccnc12)CC(NCc1ccccn1)CC3. The Morgan fingerprint density at radius 3 is 2.85 bits per heavy atom. The minimum absolute atomic E-state index is 0.0466. The highest BCUT2D eigenvalue weighted by atomic mass is 32.1. The Kier molecular flexibility index (Phi) is 5.20. The van der Waals surface area contributed by atoms with E-state index in [9.17, 15) is 4.79 Å². The van der Waals surface area contributed by atoms with E-state index in [1.165, 1.54) is 10.4 Å². The van der Waals surface area contributed by atoms with E-state index < -0.39 is 0 Å². The van der Waals surface area contributed by atoms with Crippen molar-refractivity contribution in [3.8, 4) is 0 Å². The highest BCUT2D eigenvalue weighted by Gasteiger charge is 2.25. The Morgan fingerprint density at radius 1 is 1.03 bits per heavy atom. The molecule has 0 spiro atoms. The number of para-hydroxylation sites is 1. The lowest BCUT2D eigenvalue weighted by Gasteiger charge is -2.23. The van der Waals surface area contributed by atoms with Crippen molar-refractivity contribution >= 4 is 32.5 Å². The zero-order chi connectivity index (χ0) is 22.2. The van der Waals surface area contributed by atoms with Crippen LogP contribution < -0.4 is 10.9 Å². The molecular formula is C26H23N5OS. The van der Waals surface area contributed by atoms with Crippen LogP contribution in [0, 0.1) is 0 Å². The number of nitrogens with one attached hydrogen (secondary N) is 1. The molecule has 0 saturated heterocycles. The highest BCUT2D eigenvalue weighted by Crippen LogP contribution is 2.33. The van der Waals surface area contributed by atoms with Crippen LogP contribution in [0.4, 0.5) is 0 Å². The third-order valence-electron chi connectivity index (χ3n) is 6.39. The van der Waals surface area contributed by atoms with Gasteiger partial charge in [0.1, 0.15) is 4.83 Å². The number of hydrogen-bond donors (Lipinski definition) is 1. The lowest BCUT2D eigenvalue weighted by Crippen LogP contribution is -2.34. The first-order valence-electron chi connectivity index (χ1n) is 11.2. The molecule has 33 heavy (non-hydrogen) atoms. The first-order valence-corrected chi connectivity index (χ1v) is 12.0. The zero-order valence-corrected chi connectivity index (χ0v) is 18.9. The van der Waals surface area contributed by atoms with Crippen LogP contribution in [0.15, 0.2) is 72.0 Å². The van der Waals surface area contributed by atoms with Gasteiger partial charge in [0, 0.05) is 35.2 Å². The number of aromatic nitrogens is 4. The molecule has 5 aromatic rings. The van der Waals surface area contributed by atoms with E-state index in [0.29, 0.717) is 12.6 Å². The van der Waals surface area contributed by atoms with Crippen LogP contribution in [0.5, 0.6) is 0 Å². The molecule has 4 aromatic heterocycles. The van der Waals surface area contributed by atoms with Gasteiger partial charge in [0.05, 0.1) is 29.5 Å². The molecule has 0 fully saturated rings. The molecule has 4 heterocycles. The fourth-order valence-corrected chi connectivity index (χ4v) is 5.98. The van der Waals surface area contributed by atoms with Crippen LogP contribution in [0.3, 0.4) is 0 Å². The largest absolute Gasteiger partial charge is 0.308 e. The van der Waals surface area contributed by atoms with Crippen molar-refractivity contribution in [2.75, 3.05) is 0 Å². The second kappa shape index (κ2) is 8.50. The van der Waals surface area contributed by atoms with Gasteiger partial charge in [0.25, 0.3) is 5.56 Å². The third kappa shape index (κ3) is 3.83. The molecule has 6 rings (SSSR count). The molecule has 1 N–H and O–H groups in total. The van der Waals surface area contributed by atoms with Gasteiger partial charge in [-0.05, 0) is 48.6 Å². The molecule has 164 valence electrons. The molecule has 0 bridgehead atoms. The zero-order valence-electron chi connectivity index (χ0n) is 18.1. The van der Waals surface area contributed by atoms with Gasteiger partial charge in [-0.15, -0.1) is 11.3 Å². The minimum atomic E-state index is 0.0466. The Balaban J connectivity index is 1.28.